The highest BCUT2D eigenvalue weighted by molar-refractivity contribution is 7.92. The van der Waals surface area contributed by atoms with Crippen LogP contribution < -0.4 is 5.73 Å². The van der Waals surface area contributed by atoms with Gasteiger partial charge in [-0.25, -0.2) is 8.42 Å². The van der Waals surface area contributed by atoms with Gasteiger partial charge in [0.05, 0.1) is 27.0 Å². The van der Waals surface area contributed by atoms with Crippen LogP contribution in [0.2, 0.25) is 0 Å². The molecule has 0 heterocycles. The molecule has 5 nitrogen and oxygen atoms in total. The van der Waals surface area contributed by atoms with E-state index in [0.29, 0.717) is 0 Å². The minimum absolute atomic E-state index is 0.0141. The Labute approximate surface area is 100 Å². The van der Waals surface area contributed by atoms with E-state index in [2.05, 4.69) is 0 Å². The minimum atomic E-state index is -3.61. The molecule has 17 heavy (non-hydrogen) atoms. The van der Waals surface area contributed by atoms with Crippen LogP contribution in [0.3, 0.4) is 0 Å². The highest BCUT2D eigenvalue weighted by atomic mass is 32.2. The van der Waals surface area contributed by atoms with E-state index < -0.39 is 15.1 Å². The monoisotopic (exact) mass is 248 g/mol. The Hall–Kier alpha value is -2.05. The predicted octanol–water partition coefficient (Wildman–Crippen LogP) is 1.53. The van der Waals surface area contributed by atoms with Crippen molar-refractivity contribution in [2.24, 2.45) is 0 Å². The van der Waals surface area contributed by atoms with Crippen molar-refractivity contribution >= 4 is 15.5 Å². The van der Waals surface area contributed by atoms with Gasteiger partial charge in [-0.3, -0.25) is 5.73 Å². The molecule has 0 aliphatic heterocycles. The van der Waals surface area contributed by atoms with Gasteiger partial charge in [-0.05, 0) is 26.0 Å². The first-order valence-corrected chi connectivity index (χ1v) is 6.33. The average Bonchev–Trinajstić information content (AvgIpc) is 2.27. The third kappa shape index (κ3) is 2.22. The number of nitriles is 2. The van der Waals surface area contributed by atoms with Crippen LogP contribution in [0.1, 0.15) is 25.0 Å². The van der Waals surface area contributed by atoms with Crippen LogP contribution in [0.15, 0.2) is 17.0 Å². The van der Waals surface area contributed by atoms with Crippen molar-refractivity contribution in [1.29, 1.82) is 10.5 Å². The third-order valence-corrected chi connectivity index (χ3v) is 4.48. The van der Waals surface area contributed by atoms with Gasteiger partial charge in [-0.2, -0.15) is 10.5 Å². The van der Waals surface area contributed by atoms with E-state index in [0.717, 1.165) is 12.1 Å². The zero-order valence-electron chi connectivity index (χ0n) is 9.35. The van der Waals surface area contributed by atoms with E-state index in [-0.39, 0.29) is 21.7 Å². The summed E-state index contributed by atoms with van der Waals surface area (Å²) in [5, 5.41) is 16.9. The van der Waals surface area contributed by atoms with Crippen molar-refractivity contribution in [3.05, 3.63) is 23.3 Å². The molecule has 0 amide bonds. The fourth-order valence-corrected chi connectivity index (χ4v) is 2.41. The fraction of sp³-hybridized carbons (Fsp3) is 0.273. The van der Waals surface area contributed by atoms with E-state index in [1.165, 1.54) is 13.8 Å². The van der Waals surface area contributed by atoms with Crippen molar-refractivity contribution in [3.8, 4) is 12.1 Å². The Morgan fingerprint density at radius 2 is 1.65 bits per heavy atom. The SMILES string of the molecule is CC(C)S(=O)(=O)c1cc(C#N)c(C#N)cc1[NH]. The highest BCUT2D eigenvalue weighted by Crippen LogP contribution is 2.27. The molecule has 1 radical (unpaired) electrons. The van der Waals surface area contributed by atoms with Gasteiger partial charge in [-0.1, -0.05) is 0 Å². The second kappa shape index (κ2) is 4.44. The zero-order valence-corrected chi connectivity index (χ0v) is 10.2. The number of nitrogens with one attached hydrogen (secondary N) is 1. The Balaban J connectivity index is 3.61. The van der Waals surface area contributed by atoms with E-state index in [9.17, 15) is 8.42 Å². The maximum atomic E-state index is 11.9. The molecule has 0 saturated carbocycles. The van der Waals surface area contributed by atoms with Gasteiger partial charge in [0.15, 0.2) is 9.84 Å². The lowest BCUT2D eigenvalue weighted by Crippen LogP contribution is -2.15. The van der Waals surface area contributed by atoms with E-state index in [1.807, 2.05) is 0 Å². The van der Waals surface area contributed by atoms with E-state index in [4.69, 9.17) is 16.3 Å². The third-order valence-electron chi connectivity index (χ3n) is 2.29. The van der Waals surface area contributed by atoms with Crippen LogP contribution in [-0.2, 0) is 9.84 Å². The molecule has 0 aliphatic carbocycles. The predicted molar refractivity (Wildman–Crippen MR) is 61.0 cm³/mol. The number of hydrogen-bond donors (Lipinski definition) is 0. The molecule has 0 spiro atoms. The number of sulfone groups is 1. The Kier molecular flexibility index (Phi) is 3.40. The maximum Gasteiger partial charge on any atom is 0.182 e. The largest absolute Gasteiger partial charge is 0.299 e. The quantitative estimate of drug-likeness (QED) is 0.790. The number of rotatable bonds is 2. The summed E-state index contributed by atoms with van der Waals surface area (Å²) in [6.07, 6.45) is 0. The summed E-state index contributed by atoms with van der Waals surface area (Å²) in [5.74, 6) is 0. The van der Waals surface area contributed by atoms with Crippen LogP contribution in [0.5, 0.6) is 0 Å². The average molecular weight is 248 g/mol. The summed E-state index contributed by atoms with van der Waals surface area (Å²) in [5.41, 5.74) is 7.33. The normalized spacial score (nSPS) is 10.9. The second-order valence-corrected chi connectivity index (χ2v) is 6.18. The molecule has 1 aromatic rings. The van der Waals surface area contributed by atoms with Gasteiger partial charge in [0, 0.05) is 0 Å². The van der Waals surface area contributed by atoms with Crippen LogP contribution in [-0.4, -0.2) is 13.7 Å². The lowest BCUT2D eigenvalue weighted by molar-refractivity contribution is 0.587. The van der Waals surface area contributed by atoms with Gasteiger partial charge in [-0.15, -0.1) is 0 Å². The summed E-state index contributed by atoms with van der Waals surface area (Å²) < 4.78 is 23.8. The van der Waals surface area contributed by atoms with Crippen molar-refractivity contribution < 1.29 is 8.42 Å². The highest BCUT2D eigenvalue weighted by Gasteiger charge is 2.23. The minimum Gasteiger partial charge on any atom is -0.299 e. The smallest absolute Gasteiger partial charge is 0.182 e. The van der Waals surface area contributed by atoms with Crippen molar-refractivity contribution in [1.82, 2.24) is 5.73 Å². The van der Waals surface area contributed by atoms with Crippen LogP contribution >= 0.6 is 0 Å². The molecule has 0 fully saturated rings. The summed E-state index contributed by atoms with van der Waals surface area (Å²) >= 11 is 0. The molecule has 1 rings (SSSR count). The van der Waals surface area contributed by atoms with Gasteiger partial charge >= 0.3 is 0 Å². The number of nitrogens with zero attached hydrogens (tertiary/aromatic N) is 2. The van der Waals surface area contributed by atoms with Gasteiger partial charge < -0.3 is 0 Å². The van der Waals surface area contributed by atoms with Crippen molar-refractivity contribution in [2.75, 3.05) is 0 Å². The number of benzene rings is 1. The van der Waals surface area contributed by atoms with Gasteiger partial charge in [0.25, 0.3) is 0 Å². The molecule has 0 aromatic heterocycles. The first-order valence-electron chi connectivity index (χ1n) is 4.78. The molecule has 6 heteroatoms. The van der Waals surface area contributed by atoms with E-state index in [1.54, 1.807) is 12.1 Å². The first kappa shape index (κ1) is 13.0. The lowest BCUT2D eigenvalue weighted by Gasteiger charge is -2.10. The van der Waals surface area contributed by atoms with Crippen LogP contribution in [0.25, 0.3) is 0 Å². The zero-order chi connectivity index (χ0) is 13.2. The Morgan fingerprint density at radius 3 is 2.06 bits per heavy atom. The molecule has 87 valence electrons. The lowest BCUT2D eigenvalue weighted by atomic mass is 10.1. The maximum absolute atomic E-state index is 11.9. The van der Waals surface area contributed by atoms with Crippen LogP contribution in [0, 0.1) is 22.7 Å². The summed E-state index contributed by atoms with van der Waals surface area (Å²) in [6.45, 7) is 3.00. The second-order valence-electron chi connectivity index (χ2n) is 3.71. The summed E-state index contributed by atoms with van der Waals surface area (Å²) in [7, 11) is -3.61. The molecule has 0 saturated heterocycles. The summed E-state index contributed by atoms with van der Waals surface area (Å²) in [4.78, 5) is -0.206. The van der Waals surface area contributed by atoms with Crippen LogP contribution in [0.4, 0.5) is 5.69 Å². The molecule has 0 unspecified atom stereocenters. The molecule has 0 bridgehead atoms. The molecule has 0 aliphatic rings. The molecular formula is C11H10N3O2S. The molecule has 0 atom stereocenters. The summed E-state index contributed by atoms with van der Waals surface area (Å²) in [6, 6.07) is 5.71. The van der Waals surface area contributed by atoms with Crippen molar-refractivity contribution in [2.45, 2.75) is 24.0 Å². The Bertz CT molecular complexity index is 634. The van der Waals surface area contributed by atoms with Crippen molar-refractivity contribution in [3.63, 3.8) is 0 Å². The molecule has 1 aromatic carbocycles. The van der Waals surface area contributed by atoms with Gasteiger partial charge in [0.2, 0.25) is 0 Å². The Morgan fingerprint density at radius 1 is 1.18 bits per heavy atom. The van der Waals surface area contributed by atoms with Gasteiger partial charge in [0.1, 0.15) is 12.1 Å². The topological polar surface area (TPSA) is 106 Å². The fourth-order valence-electron chi connectivity index (χ4n) is 1.25. The molecule has 1 N–H and O–H groups in total. The first-order chi connectivity index (χ1) is 7.84. The van der Waals surface area contributed by atoms with E-state index >= 15 is 0 Å². The molecular weight excluding hydrogens is 238 g/mol. The number of hydrogen-bond acceptors (Lipinski definition) is 4. The standard InChI is InChI=1S/C11H10N3O2S/c1-7(2)17(15,16)11-4-9(6-13)8(5-12)3-10(11)14/h3-4,7,14H,1-2H3.